The van der Waals surface area contributed by atoms with Crippen LogP contribution in [0, 0.1) is 0 Å². The third kappa shape index (κ3) is 2.41. The number of rotatable bonds is 4. The summed E-state index contributed by atoms with van der Waals surface area (Å²) in [5, 5.41) is 4.00. The van der Waals surface area contributed by atoms with Crippen molar-refractivity contribution in [2.75, 3.05) is 11.4 Å². The summed E-state index contributed by atoms with van der Waals surface area (Å²) in [6, 6.07) is 6.59. The highest BCUT2D eigenvalue weighted by Gasteiger charge is 2.21. The van der Waals surface area contributed by atoms with E-state index in [-0.39, 0.29) is 0 Å². The number of aromatic nitrogens is 2. The molecule has 0 atom stereocenters. The second kappa shape index (κ2) is 5.63. The Bertz CT molecular complexity index is 579. The quantitative estimate of drug-likeness (QED) is 0.922. The van der Waals surface area contributed by atoms with Crippen LogP contribution in [0.3, 0.4) is 0 Å². The van der Waals surface area contributed by atoms with Gasteiger partial charge in [-0.1, -0.05) is 30.3 Å². The third-order valence-electron chi connectivity index (χ3n) is 3.79. The lowest BCUT2D eigenvalue weighted by Crippen LogP contribution is -2.30. The number of para-hydroxylation sites is 1. The summed E-state index contributed by atoms with van der Waals surface area (Å²) < 4.78 is 5.09. The van der Waals surface area contributed by atoms with Crippen LogP contribution in [-0.4, -0.2) is 16.7 Å². The topological polar surface area (TPSA) is 68.2 Å². The minimum absolute atomic E-state index is 0.295. The van der Waals surface area contributed by atoms with Crippen molar-refractivity contribution >= 4 is 5.69 Å². The van der Waals surface area contributed by atoms with Crippen molar-refractivity contribution in [3.63, 3.8) is 0 Å². The maximum atomic E-state index is 5.51. The Kier molecular flexibility index (Phi) is 3.69. The molecule has 106 valence electrons. The summed E-state index contributed by atoms with van der Waals surface area (Å²) in [5.41, 5.74) is 9.69. The number of nitrogens with zero attached hydrogens (tertiary/aromatic N) is 3. The van der Waals surface area contributed by atoms with Gasteiger partial charge in [-0.2, -0.15) is 4.98 Å². The smallest absolute Gasteiger partial charge is 0.240 e. The SMILES string of the molecule is CCc1cccc2c1N(Cc1noc(CN)n1)CCC2. The Morgan fingerprint density at radius 2 is 2.30 bits per heavy atom. The average Bonchev–Trinajstić information content (AvgIpc) is 2.94. The van der Waals surface area contributed by atoms with Gasteiger partial charge in [0.2, 0.25) is 5.89 Å². The van der Waals surface area contributed by atoms with E-state index in [1.165, 1.54) is 23.2 Å². The van der Waals surface area contributed by atoms with Crippen LogP contribution in [0.4, 0.5) is 5.69 Å². The molecule has 0 unspecified atom stereocenters. The van der Waals surface area contributed by atoms with Gasteiger partial charge in [0.05, 0.1) is 13.1 Å². The Labute approximate surface area is 118 Å². The van der Waals surface area contributed by atoms with Crippen molar-refractivity contribution in [2.24, 2.45) is 5.73 Å². The van der Waals surface area contributed by atoms with Crippen LogP contribution < -0.4 is 10.6 Å². The van der Waals surface area contributed by atoms with E-state index in [4.69, 9.17) is 10.3 Å². The zero-order valence-corrected chi connectivity index (χ0v) is 11.8. The second-order valence-electron chi connectivity index (χ2n) is 5.11. The number of aryl methyl sites for hydroxylation is 2. The molecule has 2 N–H and O–H groups in total. The van der Waals surface area contributed by atoms with Crippen LogP contribution in [0.2, 0.25) is 0 Å². The van der Waals surface area contributed by atoms with Gasteiger partial charge in [-0.05, 0) is 30.4 Å². The monoisotopic (exact) mass is 272 g/mol. The summed E-state index contributed by atoms with van der Waals surface area (Å²) >= 11 is 0. The van der Waals surface area contributed by atoms with Gasteiger partial charge in [0, 0.05) is 12.2 Å². The van der Waals surface area contributed by atoms with Crippen molar-refractivity contribution in [1.29, 1.82) is 0 Å². The molecular formula is C15H20N4O. The molecule has 2 heterocycles. The second-order valence-corrected chi connectivity index (χ2v) is 5.11. The van der Waals surface area contributed by atoms with Crippen molar-refractivity contribution in [3.05, 3.63) is 41.0 Å². The summed E-state index contributed by atoms with van der Waals surface area (Å²) in [5.74, 6) is 1.21. The normalized spacial score (nSPS) is 14.4. The molecule has 20 heavy (non-hydrogen) atoms. The highest BCUT2D eigenvalue weighted by molar-refractivity contribution is 5.61. The molecule has 0 radical (unpaired) electrons. The first-order valence-electron chi connectivity index (χ1n) is 7.19. The summed E-state index contributed by atoms with van der Waals surface area (Å²) in [7, 11) is 0. The van der Waals surface area contributed by atoms with Gasteiger partial charge in [0.15, 0.2) is 5.82 Å². The van der Waals surface area contributed by atoms with Crippen molar-refractivity contribution < 1.29 is 4.52 Å². The fourth-order valence-electron chi connectivity index (χ4n) is 2.88. The molecule has 1 aromatic heterocycles. The Morgan fingerprint density at radius 3 is 3.05 bits per heavy atom. The number of anilines is 1. The fraction of sp³-hybridized carbons (Fsp3) is 0.467. The molecule has 1 aliphatic rings. The third-order valence-corrected chi connectivity index (χ3v) is 3.79. The van der Waals surface area contributed by atoms with Crippen LogP contribution in [0.1, 0.15) is 36.2 Å². The predicted molar refractivity (Wildman–Crippen MR) is 77.4 cm³/mol. The Hall–Kier alpha value is -1.88. The molecule has 0 saturated heterocycles. The zero-order valence-electron chi connectivity index (χ0n) is 11.8. The summed E-state index contributed by atoms with van der Waals surface area (Å²) in [4.78, 5) is 6.67. The minimum Gasteiger partial charge on any atom is -0.363 e. The van der Waals surface area contributed by atoms with E-state index in [0.29, 0.717) is 24.8 Å². The first-order chi connectivity index (χ1) is 9.81. The first kappa shape index (κ1) is 13.1. The lowest BCUT2D eigenvalue weighted by molar-refractivity contribution is 0.374. The maximum Gasteiger partial charge on any atom is 0.240 e. The summed E-state index contributed by atoms with van der Waals surface area (Å²) in [6.45, 7) is 4.22. The predicted octanol–water partition coefficient (Wildman–Crippen LogP) is 2.04. The van der Waals surface area contributed by atoms with Crippen LogP contribution in [0.25, 0.3) is 0 Å². The Morgan fingerprint density at radius 1 is 1.40 bits per heavy atom. The van der Waals surface area contributed by atoms with E-state index >= 15 is 0 Å². The van der Waals surface area contributed by atoms with Crippen molar-refractivity contribution in [2.45, 2.75) is 39.3 Å². The lowest BCUT2D eigenvalue weighted by Gasteiger charge is -2.32. The van der Waals surface area contributed by atoms with E-state index in [1.807, 2.05) is 0 Å². The van der Waals surface area contributed by atoms with Gasteiger partial charge in [-0.15, -0.1) is 0 Å². The minimum atomic E-state index is 0.295. The van der Waals surface area contributed by atoms with Gasteiger partial charge < -0.3 is 15.2 Å². The van der Waals surface area contributed by atoms with Crippen molar-refractivity contribution in [1.82, 2.24) is 10.1 Å². The van der Waals surface area contributed by atoms with Crippen LogP contribution >= 0.6 is 0 Å². The molecule has 0 bridgehead atoms. The van der Waals surface area contributed by atoms with E-state index in [1.54, 1.807) is 0 Å². The molecule has 0 amide bonds. The number of fused-ring (bicyclic) bond motifs is 1. The molecule has 0 aliphatic carbocycles. The number of nitrogens with two attached hydrogens (primary N) is 1. The van der Waals surface area contributed by atoms with Gasteiger partial charge in [0.25, 0.3) is 0 Å². The fourth-order valence-corrected chi connectivity index (χ4v) is 2.88. The standard InChI is InChI=1S/C15H20N4O/c1-2-11-5-3-6-12-7-4-8-19(15(11)12)10-13-17-14(9-16)20-18-13/h3,5-6H,2,4,7-10,16H2,1H3. The molecule has 1 aromatic carbocycles. The van der Waals surface area contributed by atoms with Crippen LogP contribution in [-0.2, 0) is 25.9 Å². The van der Waals surface area contributed by atoms with E-state index in [0.717, 1.165) is 19.4 Å². The molecule has 2 aromatic rings. The highest BCUT2D eigenvalue weighted by atomic mass is 16.5. The molecule has 5 nitrogen and oxygen atoms in total. The number of hydrogen-bond acceptors (Lipinski definition) is 5. The molecule has 3 rings (SSSR count). The Balaban J connectivity index is 1.89. The zero-order chi connectivity index (χ0) is 13.9. The molecule has 0 spiro atoms. The van der Waals surface area contributed by atoms with Crippen LogP contribution in [0.15, 0.2) is 22.7 Å². The van der Waals surface area contributed by atoms with Gasteiger partial charge in [0.1, 0.15) is 0 Å². The summed E-state index contributed by atoms with van der Waals surface area (Å²) in [6.07, 6.45) is 3.36. The van der Waals surface area contributed by atoms with Gasteiger partial charge in [-0.25, -0.2) is 0 Å². The number of benzene rings is 1. The van der Waals surface area contributed by atoms with E-state index in [9.17, 15) is 0 Å². The highest BCUT2D eigenvalue weighted by Crippen LogP contribution is 2.32. The van der Waals surface area contributed by atoms with Gasteiger partial charge in [-0.3, -0.25) is 0 Å². The van der Waals surface area contributed by atoms with Gasteiger partial charge >= 0.3 is 0 Å². The molecule has 1 aliphatic heterocycles. The molecule has 0 saturated carbocycles. The van der Waals surface area contributed by atoms with E-state index < -0.39 is 0 Å². The molecular weight excluding hydrogens is 252 g/mol. The van der Waals surface area contributed by atoms with Crippen LogP contribution in [0.5, 0.6) is 0 Å². The first-order valence-corrected chi connectivity index (χ1v) is 7.19. The average molecular weight is 272 g/mol. The lowest BCUT2D eigenvalue weighted by atomic mass is 9.96. The maximum absolute atomic E-state index is 5.51. The largest absolute Gasteiger partial charge is 0.363 e. The van der Waals surface area contributed by atoms with E-state index in [2.05, 4.69) is 40.2 Å². The number of hydrogen-bond donors (Lipinski definition) is 1. The molecule has 5 heteroatoms. The van der Waals surface area contributed by atoms with Crippen molar-refractivity contribution in [3.8, 4) is 0 Å². The molecule has 0 fully saturated rings.